The summed E-state index contributed by atoms with van der Waals surface area (Å²) in [6.45, 7) is 13.0. The van der Waals surface area contributed by atoms with Crippen molar-refractivity contribution in [1.82, 2.24) is 9.80 Å². The minimum Gasteiger partial charge on any atom is -0.494 e. The molecule has 1 atom stereocenters. The Kier molecular flexibility index (Phi) is 9.32. The highest BCUT2D eigenvalue weighted by Gasteiger charge is 2.22. The molecule has 4 nitrogen and oxygen atoms in total. The average molecular weight is 447 g/mol. The third-order valence-corrected chi connectivity index (χ3v) is 6.37. The van der Waals surface area contributed by atoms with E-state index in [9.17, 15) is 4.79 Å². The number of carbonyl (C=O) groups excluding carboxylic acids is 1. The van der Waals surface area contributed by atoms with Crippen LogP contribution in [0.1, 0.15) is 56.5 Å². The van der Waals surface area contributed by atoms with Crippen molar-refractivity contribution in [2.24, 2.45) is 0 Å². The van der Waals surface area contributed by atoms with Crippen molar-refractivity contribution in [3.05, 3.63) is 77.9 Å². The van der Waals surface area contributed by atoms with Gasteiger partial charge in [-0.05, 0) is 86.9 Å². The standard InChI is InChI=1S/C29H38N2O2/c1-5-30(6-2)20-10-11-23(4)31(22-24-14-18-28(19-15-24)33-7-3)29(32)27-17-16-25-12-8-9-13-26(25)21-27/h8-9,12-19,21,23H,5-7,10-11,20,22H2,1-4H3. The fourth-order valence-electron chi connectivity index (χ4n) is 4.28. The zero-order valence-electron chi connectivity index (χ0n) is 20.6. The van der Waals surface area contributed by atoms with E-state index < -0.39 is 0 Å². The first-order valence-corrected chi connectivity index (χ1v) is 12.3. The van der Waals surface area contributed by atoms with Crippen LogP contribution in [0, 0.1) is 0 Å². The number of fused-ring (bicyclic) bond motifs is 1. The Labute approximate surface area is 199 Å². The summed E-state index contributed by atoms with van der Waals surface area (Å²) in [5.41, 5.74) is 1.86. The fraction of sp³-hybridized carbons (Fsp3) is 0.414. The van der Waals surface area contributed by atoms with E-state index in [4.69, 9.17) is 4.74 Å². The molecule has 1 unspecified atom stereocenters. The van der Waals surface area contributed by atoms with Crippen molar-refractivity contribution < 1.29 is 9.53 Å². The minimum absolute atomic E-state index is 0.0879. The molecule has 176 valence electrons. The molecule has 0 N–H and O–H groups in total. The largest absolute Gasteiger partial charge is 0.494 e. The number of rotatable bonds is 12. The number of nitrogens with zero attached hydrogens (tertiary/aromatic N) is 2. The molecule has 0 aliphatic rings. The number of hydrogen-bond acceptors (Lipinski definition) is 3. The maximum Gasteiger partial charge on any atom is 0.254 e. The highest BCUT2D eigenvalue weighted by atomic mass is 16.5. The first-order valence-electron chi connectivity index (χ1n) is 12.3. The molecule has 0 aliphatic heterocycles. The molecule has 0 heterocycles. The summed E-state index contributed by atoms with van der Waals surface area (Å²) >= 11 is 0. The van der Waals surface area contributed by atoms with Crippen molar-refractivity contribution in [2.75, 3.05) is 26.2 Å². The van der Waals surface area contributed by atoms with Crippen LogP contribution in [0.4, 0.5) is 0 Å². The van der Waals surface area contributed by atoms with Crippen molar-refractivity contribution in [3.63, 3.8) is 0 Å². The van der Waals surface area contributed by atoms with Crippen LogP contribution in [-0.4, -0.2) is 48.0 Å². The van der Waals surface area contributed by atoms with Crippen molar-refractivity contribution >= 4 is 16.7 Å². The summed E-state index contributed by atoms with van der Waals surface area (Å²) < 4.78 is 5.58. The van der Waals surface area contributed by atoms with E-state index in [-0.39, 0.29) is 11.9 Å². The van der Waals surface area contributed by atoms with Gasteiger partial charge in [0, 0.05) is 18.2 Å². The van der Waals surface area contributed by atoms with Crippen LogP contribution in [-0.2, 0) is 6.54 Å². The van der Waals surface area contributed by atoms with E-state index >= 15 is 0 Å². The lowest BCUT2D eigenvalue weighted by molar-refractivity contribution is 0.0662. The molecule has 0 aromatic heterocycles. The first-order chi connectivity index (χ1) is 16.0. The monoisotopic (exact) mass is 446 g/mol. The van der Waals surface area contributed by atoms with Gasteiger partial charge in [-0.25, -0.2) is 0 Å². The second-order valence-electron chi connectivity index (χ2n) is 8.59. The van der Waals surface area contributed by atoms with Gasteiger partial charge in [0.05, 0.1) is 6.61 Å². The van der Waals surface area contributed by atoms with E-state index in [1.54, 1.807) is 0 Å². The van der Waals surface area contributed by atoms with Crippen LogP contribution in [0.5, 0.6) is 5.75 Å². The highest BCUT2D eigenvalue weighted by Crippen LogP contribution is 2.22. The number of amides is 1. The van der Waals surface area contributed by atoms with Gasteiger partial charge in [0.15, 0.2) is 0 Å². The van der Waals surface area contributed by atoms with Crippen LogP contribution in [0.15, 0.2) is 66.7 Å². The topological polar surface area (TPSA) is 32.8 Å². The Morgan fingerprint density at radius 3 is 2.27 bits per heavy atom. The van der Waals surface area contributed by atoms with Gasteiger partial charge < -0.3 is 14.5 Å². The van der Waals surface area contributed by atoms with Gasteiger partial charge in [0.25, 0.3) is 5.91 Å². The maximum atomic E-state index is 13.7. The molecule has 0 saturated heterocycles. The third-order valence-electron chi connectivity index (χ3n) is 6.37. The molecule has 0 radical (unpaired) electrons. The maximum absolute atomic E-state index is 13.7. The summed E-state index contributed by atoms with van der Waals surface area (Å²) in [7, 11) is 0. The van der Waals surface area contributed by atoms with Crippen LogP contribution in [0.2, 0.25) is 0 Å². The molecular weight excluding hydrogens is 408 g/mol. The Bertz CT molecular complexity index is 1010. The van der Waals surface area contributed by atoms with E-state index in [1.165, 1.54) is 0 Å². The van der Waals surface area contributed by atoms with Crippen molar-refractivity contribution in [2.45, 2.75) is 53.1 Å². The minimum atomic E-state index is 0.0879. The summed E-state index contributed by atoms with van der Waals surface area (Å²) in [6, 6.07) is 22.5. The normalized spacial score (nSPS) is 12.2. The second-order valence-corrected chi connectivity index (χ2v) is 8.59. The zero-order valence-corrected chi connectivity index (χ0v) is 20.6. The second kappa shape index (κ2) is 12.4. The highest BCUT2D eigenvalue weighted by molar-refractivity contribution is 5.98. The van der Waals surface area contributed by atoms with Crippen molar-refractivity contribution in [3.8, 4) is 5.75 Å². The van der Waals surface area contributed by atoms with Gasteiger partial charge in [-0.3, -0.25) is 4.79 Å². The lowest BCUT2D eigenvalue weighted by Crippen LogP contribution is -2.38. The predicted molar refractivity (Wildman–Crippen MR) is 138 cm³/mol. The summed E-state index contributed by atoms with van der Waals surface area (Å²) in [5, 5.41) is 2.25. The average Bonchev–Trinajstić information content (AvgIpc) is 2.85. The Hall–Kier alpha value is -2.85. The summed E-state index contributed by atoms with van der Waals surface area (Å²) in [5.74, 6) is 0.950. The predicted octanol–water partition coefficient (Wildman–Crippen LogP) is 6.39. The van der Waals surface area contributed by atoms with Gasteiger partial charge in [-0.15, -0.1) is 0 Å². The Morgan fingerprint density at radius 1 is 0.909 bits per heavy atom. The SMILES string of the molecule is CCOc1ccc(CN(C(=O)c2ccc3ccccc3c2)C(C)CCCN(CC)CC)cc1. The van der Waals surface area contributed by atoms with Crippen LogP contribution < -0.4 is 4.74 Å². The molecular formula is C29H38N2O2. The molecule has 0 aliphatic carbocycles. The zero-order chi connectivity index (χ0) is 23.6. The smallest absolute Gasteiger partial charge is 0.254 e. The van der Waals surface area contributed by atoms with Gasteiger partial charge in [0.2, 0.25) is 0 Å². The Morgan fingerprint density at radius 2 is 1.61 bits per heavy atom. The fourth-order valence-corrected chi connectivity index (χ4v) is 4.28. The molecule has 33 heavy (non-hydrogen) atoms. The quantitative estimate of drug-likeness (QED) is 0.323. The summed E-state index contributed by atoms with van der Waals surface area (Å²) in [4.78, 5) is 18.2. The van der Waals surface area contributed by atoms with Gasteiger partial charge in [-0.1, -0.05) is 56.3 Å². The Balaban J connectivity index is 1.80. The summed E-state index contributed by atoms with van der Waals surface area (Å²) in [6.07, 6.45) is 2.06. The van der Waals surface area contributed by atoms with E-state index in [1.807, 2.05) is 54.3 Å². The van der Waals surface area contributed by atoms with E-state index in [0.29, 0.717) is 13.2 Å². The van der Waals surface area contributed by atoms with Gasteiger partial charge in [0.1, 0.15) is 5.75 Å². The molecule has 3 aromatic carbocycles. The molecule has 3 aromatic rings. The third kappa shape index (κ3) is 6.82. The van der Waals surface area contributed by atoms with E-state index in [2.05, 4.69) is 49.9 Å². The molecule has 0 bridgehead atoms. The van der Waals surface area contributed by atoms with Gasteiger partial charge >= 0.3 is 0 Å². The molecule has 0 fully saturated rings. The molecule has 3 rings (SSSR count). The van der Waals surface area contributed by atoms with Crippen molar-refractivity contribution in [1.29, 1.82) is 0 Å². The lowest BCUT2D eigenvalue weighted by atomic mass is 10.0. The first kappa shape index (κ1) is 24.8. The van der Waals surface area contributed by atoms with Crippen LogP contribution in [0.3, 0.4) is 0 Å². The van der Waals surface area contributed by atoms with Crippen LogP contribution >= 0.6 is 0 Å². The lowest BCUT2D eigenvalue weighted by Gasteiger charge is -2.30. The van der Waals surface area contributed by atoms with Crippen LogP contribution in [0.25, 0.3) is 10.8 Å². The molecule has 0 saturated carbocycles. The van der Waals surface area contributed by atoms with E-state index in [0.717, 1.165) is 60.1 Å². The number of ether oxygens (including phenoxy) is 1. The molecule has 4 heteroatoms. The molecule has 0 spiro atoms. The number of carbonyl (C=O) groups is 1. The van der Waals surface area contributed by atoms with Gasteiger partial charge in [-0.2, -0.15) is 0 Å². The molecule has 1 amide bonds. The number of benzene rings is 3. The number of hydrogen-bond donors (Lipinski definition) is 0.